The van der Waals surface area contributed by atoms with Crippen molar-refractivity contribution in [2.45, 2.75) is 122 Å². The molecule has 2 rings (SSSR count). The van der Waals surface area contributed by atoms with Gasteiger partial charge in [-0.3, -0.25) is 0 Å². The van der Waals surface area contributed by atoms with Crippen LogP contribution in [0.2, 0.25) is 39.3 Å². The molecule has 1 unspecified atom stereocenters. The third kappa shape index (κ3) is 11.0. The Morgan fingerprint density at radius 3 is 1.32 bits per heavy atom. The van der Waals surface area contributed by atoms with Gasteiger partial charge in [0.05, 0.1) is 16.1 Å². The van der Waals surface area contributed by atoms with E-state index in [4.69, 9.17) is 0 Å². The maximum Gasteiger partial charge on any atom is 0.0537 e. The van der Waals surface area contributed by atoms with E-state index >= 15 is 0 Å². The smallest absolute Gasteiger partial charge is 0.0537 e. The molecular weight excluding hydrogens is 550 g/mol. The Balaban J connectivity index is 0.000000838. The summed E-state index contributed by atoms with van der Waals surface area (Å²) >= 11 is 0. The minimum Gasteiger partial charge on any atom is -0.0892 e. The molecule has 0 saturated heterocycles. The van der Waals surface area contributed by atoms with Crippen LogP contribution in [0.5, 0.6) is 0 Å². The van der Waals surface area contributed by atoms with Gasteiger partial charge < -0.3 is 0 Å². The molecule has 0 aromatic carbocycles. The fourth-order valence-corrected chi connectivity index (χ4v) is 38.6. The second-order valence-corrected chi connectivity index (χ2v) is 31.1. The molecule has 0 spiro atoms. The second kappa shape index (κ2) is 12.8. The third-order valence-corrected chi connectivity index (χ3v) is 30.6. The SMILES string of the molecule is C1=C\CC/C=C\CC/1.CC(C)(C)c1pc(C(C)(C)C)p(C([Si](C)(C)C)[Si](C)(C)C)p1.[Ru]. The molecule has 0 aliphatic heterocycles. The predicted octanol–water partition coefficient (Wildman–Crippen LogP) is 11.4. The van der Waals surface area contributed by atoms with Gasteiger partial charge in [-0.25, -0.2) is 0 Å². The van der Waals surface area contributed by atoms with Gasteiger partial charge in [0.1, 0.15) is 0 Å². The van der Waals surface area contributed by atoms with Crippen molar-refractivity contribution in [3.8, 4) is 0 Å². The van der Waals surface area contributed by atoms with Crippen molar-refractivity contribution < 1.29 is 19.5 Å². The summed E-state index contributed by atoms with van der Waals surface area (Å²) in [6.07, 6.45) is 14.0. The zero-order valence-corrected chi connectivity index (χ0v) is 28.8. The van der Waals surface area contributed by atoms with Crippen molar-refractivity contribution in [1.29, 1.82) is 0 Å². The van der Waals surface area contributed by atoms with Crippen LogP contribution in [0.4, 0.5) is 0 Å². The molecule has 1 atom stereocenters. The first kappa shape index (κ1) is 32.2. The maximum absolute atomic E-state index is 2.63. The van der Waals surface area contributed by atoms with E-state index in [1.54, 1.807) is 21.1 Å². The van der Waals surface area contributed by atoms with Crippen molar-refractivity contribution in [3.05, 3.63) is 34.4 Å². The number of allylic oxidation sites excluding steroid dienone is 4. The van der Waals surface area contributed by atoms with Crippen LogP contribution >= 0.6 is 23.3 Å². The molecule has 0 radical (unpaired) electrons. The van der Waals surface area contributed by atoms with Gasteiger partial charge in [0, 0.05) is 29.5 Å². The summed E-state index contributed by atoms with van der Waals surface area (Å²) in [5, 5.41) is 3.67. The third-order valence-electron chi connectivity index (χ3n) is 5.19. The molecule has 0 amide bonds. The fraction of sp³-hybridized carbons (Fsp3) is 0.760. The summed E-state index contributed by atoms with van der Waals surface area (Å²) in [5.74, 6) is 0. The molecule has 1 aromatic heterocycles. The second-order valence-electron chi connectivity index (χ2n) is 12.9. The first-order valence-electron chi connectivity index (χ1n) is 11.7. The van der Waals surface area contributed by atoms with Crippen LogP contribution in [0.1, 0.15) is 82.2 Å². The molecule has 0 nitrogen and oxygen atoms in total. The van der Waals surface area contributed by atoms with Crippen molar-refractivity contribution >= 4 is 39.4 Å². The number of hydrogen-bond donors (Lipinski definition) is 0. The Labute approximate surface area is 214 Å². The molecule has 0 fully saturated rings. The first-order chi connectivity index (χ1) is 13.5. The van der Waals surface area contributed by atoms with Gasteiger partial charge >= 0.3 is 0 Å². The van der Waals surface area contributed by atoms with Crippen molar-refractivity contribution in [3.63, 3.8) is 0 Å². The Kier molecular flexibility index (Phi) is 13.2. The zero-order valence-electron chi connectivity index (χ0n) is 22.4. The number of hydrogen-bond acceptors (Lipinski definition) is 0. The summed E-state index contributed by atoms with van der Waals surface area (Å²) in [5.41, 5.74) is 0.727. The molecule has 1 aliphatic carbocycles. The molecule has 1 heterocycles. The standard InChI is InChI=1S/C17H37P3Si2.C8H12.Ru/c1-16(2,3)13-18-14(17(4,5)6)20(19-13)15(21(7,8)9)22(10,11)12;1-2-4-6-8-7-5-3-1;/h15H,1-12H3;1-2,7-8H,3-6H2;/b;2-1-,8-7-;. The minimum absolute atomic E-state index is 0. The van der Waals surface area contributed by atoms with E-state index in [1.165, 1.54) is 25.7 Å². The van der Waals surface area contributed by atoms with Crippen LogP contribution in [0, 0.1) is 0 Å². The molecule has 1 aromatic rings. The minimum atomic E-state index is -1.15. The molecule has 6 heteroatoms. The van der Waals surface area contributed by atoms with Gasteiger partial charge in [-0.1, -0.05) is 121 Å². The fourth-order valence-electron chi connectivity index (χ4n) is 4.22. The van der Waals surface area contributed by atoms with Crippen LogP contribution in [-0.4, -0.2) is 16.1 Å². The van der Waals surface area contributed by atoms with Crippen molar-refractivity contribution in [2.75, 3.05) is 0 Å². The van der Waals surface area contributed by atoms with E-state index in [2.05, 4.69) is 105 Å². The van der Waals surface area contributed by atoms with Crippen LogP contribution in [0.15, 0.2) is 24.3 Å². The Morgan fingerprint density at radius 1 is 0.710 bits per heavy atom. The summed E-state index contributed by atoms with van der Waals surface area (Å²) in [7, 11) is 1.04. The quantitative estimate of drug-likeness (QED) is 0.239. The largest absolute Gasteiger partial charge is 0.0892 e. The van der Waals surface area contributed by atoms with Gasteiger partial charge in [0.15, 0.2) is 0 Å². The summed E-state index contributed by atoms with van der Waals surface area (Å²) in [4.78, 5) is 1.04. The van der Waals surface area contributed by atoms with Crippen molar-refractivity contribution in [2.24, 2.45) is 0 Å². The predicted molar refractivity (Wildman–Crippen MR) is 154 cm³/mol. The average Bonchev–Trinajstić information content (AvgIpc) is 2.88. The van der Waals surface area contributed by atoms with Crippen LogP contribution in [0.25, 0.3) is 0 Å². The van der Waals surface area contributed by atoms with Crippen LogP contribution in [-0.2, 0) is 30.3 Å². The number of rotatable bonds is 3. The van der Waals surface area contributed by atoms with E-state index in [9.17, 15) is 0 Å². The van der Waals surface area contributed by atoms with E-state index in [1.807, 2.05) is 5.03 Å². The summed E-state index contributed by atoms with van der Waals surface area (Å²) in [6.45, 7) is 30.4. The van der Waals surface area contributed by atoms with E-state index in [-0.39, 0.29) is 26.7 Å². The van der Waals surface area contributed by atoms with Gasteiger partial charge in [-0.2, -0.15) is 0 Å². The Hall–Kier alpha value is 1.18. The van der Waals surface area contributed by atoms with E-state index in [0.29, 0.717) is 10.8 Å². The molecule has 31 heavy (non-hydrogen) atoms. The first-order valence-corrected chi connectivity index (χ1v) is 22.8. The summed E-state index contributed by atoms with van der Waals surface area (Å²) < 4.78 is 0. The monoisotopic (exact) mass is 600 g/mol. The van der Waals surface area contributed by atoms with E-state index in [0.717, 1.165) is 4.91 Å². The van der Waals surface area contributed by atoms with Crippen LogP contribution < -0.4 is 0 Å². The molecule has 0 saturated carbocycles. The topological polar surface area (TPSA) is 0 Å². The average molecular weight is 600 g/mol. The van der Waals surface area contributed by atoms with Gasteiger partial charge in [0.2, 0.25) is 0 Å². The van der Waals surface area contributed by atoms with E-state index < -0.39 is 16.1 Å². The molecule has 0 N–H and O–H groups in total. The normalized spacial score (nSPS) is 18.8. The van der Waals surface area contributed by atoms with Gasteiger partial charge in [-0.05, 0) is 49.3 Å². The summed E-state index contributed by atoms with van der Waals surface area (Å²) in [6, 6.07) is 0. The molecule has 0 bridgehead atoms. The molecular formula is C25H49P3RuSi2. The molecule has 180 valence electrons. The van der Waals surface area contributed by atoms with Crippen molar-refractivity contribution in [1.82, 2.24) is 0 Å². The van der Waals surface area contributed by atoms with Crippen LogP contribution in [0.3, 0.4) is 0 Å². The maximum atomic E-state index is 2.63. The Bertz CT molecular complexity index is 684. The zero-order chi connectivity index (χ0) is 23.4. The van der Waals surface area contributed by atoms with Gasteiger partial charge in [-0.15, -0.1) is 0 Å². The Morgan fingerprint density at radius 2 is 1.06 bits per heavy atom. The molecule has 1 aliphatic rings. The van der Waals surface area contributed by atoms with Gasteiger partial charge in [0.25, 0.3) is 0 Å².